The number of nitrogens with zero attached hydrogens (tertiary/aromatic N) is 1. The predicted octanol–water partition coefficient (Wildman–Crippen LogP) is 0.0469. The number of carboxylic acids is 1. The van der Waals surface area contributed by atoms with Crippen molar-refractivity contribution in [3.05, 3.63) is 0 Å². The second kappa shape index (κ2) is 4.18. The van der Waals surface area contributed by atoms with Gasteiger partial charge in [0.25, 0.3) is 0 Å². The summed E-state index contributed by atoms with van der Waals surface area (Å²) in [6.07, 6.45) is 1.09. The second-order valence-electron chi connectivity index (χ2n) is 4.39. The maximum Gasteiger partial charge on any atom is 0.311 e. The van der Waals surface area contributed by atoms with Gasteiger partial charge in [-0.1, -0.05) is 6.92 Å². The third-order valence-electron chi connectivity index (χ3n) is 3.06. The van der Waals surface area contributed by atoms with Crippen LogP contribution in [-0.2, 0) is 9.59 Å². The van der Waals surface area contributed by atoms with Crippen molar-refractivity contribution in [2.45, 2.75) is 32.7 Å². The first kappa shape index (κ1) is 12.0. The van der Waals surface area contributed by atoms with Crippen molar-refractivity contribution >= 4 is 11.9 Å². The topological polar surface area (TPSA) is 83.6 Å². The minimum atomic E-state index is -0.845. The van der Waals surface area contributed by atoms with Crippen molar-refractivity contribution in [2.75, 3.05) is 13.1 Å². The summed E-state index contributed by atoms with van der Waals surface area (Å²) < 4.78 is 0. The Bertz CT molecular complexity index is 280. The predicted molar refractivity (Wildman–Crippen MR) is 55.2 cm³/mol. The van der Waals surface area contributed by atoms with Crippen LogP contribution in [0.2, 0.25) is 0 Å². The Morgan fingerprint density at radius 1 is 1.60 bits per heavy atom. The van der Waals surface area contributed by atoms with Crippen LogP contribution in [0.15, 0.2) is 0 Å². The van der Waals surface area contributed by atoms with Crippen molar-refractivity contribution in [1.82, 2.24) is 4.90 Å². The molecule has 0 aromatic rings. The first-order valence-corrected chi connectivity index (χ1v) is 5.18. The van der Waals surface area contributed by atoms with Gasteiger partial charge in [0.1, 0.15) is 0 Å². The summed E-state index contributed by atoms with van der Waals surface area (Å²) in [6, 6.07) is -0.499. The van der Waals surface area contributed by atoms with Crippen LogP contribution in [0.5, 0.6) is 0 Å². The molecule has 5 heteroatoms. The largest absolute Gasteiger partial charge is 0.481 e. The highest BCUT2D eigenvalue weighted by Gasteiger charge is 2.42. The summed E-state index contributed by atoms with van der Waals surface area (Å²) >= 11 is 0. The Hall–Kier alpha value is -1.10. The number of amides is 1. The minimum absolute atomic E-state index is 0.137. The normalized spacial score (nSPS) is 27.8. The molecule has 0 saturated carbocycles. The van der Waals surface area contributed by atoms with Crippen LogP contribution in [0.25, 0.3) is 0 Å². The lowest BCUT2D eigenvalue weighted by molar-refractivity contribution is -0.147. The number of rotatable bonds is 3. The van der Waals surface area contributed by atoms with E-state index in [1.165, 1.54) is 0 Å². The molecule has 2 atom stereocenters. The van der Waals surface area contributed by atoms with Gasteiger partial charge in [-0.15, -0.1) is 0 Å². The number of aliphatic carboxylic acids is 1. The number of hydrogen-bond acceptors (Lipinski definition) is 3. The molecule has 86 valence electrons. The smallest absolute Gasteiger partial charge is 0.311 e. The Morgan fingerprint density at radius 2 is 2.20 bits per heavy atom. The zero-order chi connectivity index (χ0) is 11.6. The molecule has 1 rings (SSSR count). The monoisotopic (exact) mass is 214 g/mol. The Balaban J connectivity index is 2.64. The van der Waals surface area contributed by atoms with Gasteiger partial charge in [0.15, 0.2) is 0 Å². The number of hydrogen-bond donors (Lipinski definition) is 2. The van der Waals surface area contributed by atoms with Crippen LogP contribution >= 0.6 is 0 Å². The fraction of sp³-hybridized carbons (Fsp3) is 0.800. The maximum absolute atomic E-state index is 11.7. The van der Waals surface area contributed by atoms with E-state index in [-0.39, 0.29) is 12.5 Å². The van der Waals surface area contributed by atoms with E-state index in [1.54, 1.807) is 11.8 Å². The summed E-state index contributed by atoms with van der Waals surface area (Å²) in [6.45, 7) is 4.28. The molecule has 15 heavy (non-hydrogen) atoms. The van der Waals surface area contributed by atoms with Gasteiger partial charge in [0.2, 0.25) is 5.91 Å². The fourth-order valence-corrected chi connectivity index (χ4v) is 1.73. The molecule has 0 aliphatic carbocycles. The lowest BCUT2D eigenvalue weighted by Gasteiger charge is -2.22. The quantitative estimate of drug-likeness (QED) is 0.695. The summed E-state index contributed by atoms with van der Waals surface area (Å²) in [5.74, 6) is -0.981. The van der Waals surface area contributed by atoms with Crippen LogP contribution in [0, 0.1) is 5.41 Å². The molecule has 1 unspecified atom stereocenters. The van der Waals surface area contributed by atoms with E-state index in [4.69, 9.17) is 10.8 Å². The van der Waals surface area contributed by atoms with Gasteiger partial charge in [-0.3, -0.25) is 9.59 Å². The Kier molecular flexibility index (Phi) is 3.34. The highest BCUT2D eigenvalue weighted by molar-refractivity contribution is 5.83. The maximum atomic E-state index is 11.7. The number of carbonyl (C=O) groups is 2. The average Bonchev–Trinajstić information content (AvgIpc) is 2.60. The Labute approximate surface area is 89.2 Å². The number of nitrogens with two attached hydrogens (primary N) is 1. The van der Waals surface area contributed by atoms with Crippen LogP contribution in [0.3, 0.4) is 0 Å². The molecule has 0 aromatic heterocycles. The van der Waals surface area contributed by atoms with Crippen LogP contribution in [0.1, 0.15) is 26.7 Å². The molecule has 5 nitrogen and oxygen atoms in total. The number of carbonyl (C=O) groups excluding carboxylic acids is 1. The molecule has 0 radical (unpaired) electrons. The highest BCUT2D eigenvalue weighted by atomic mass is 16.4. The Morgan fingerprint density at radius 3 is 2.60 bits per heavy atom. The van der Waals surface area contributed by atoms with Crippen molar-refractivity contribution in [3.8, 4) is 0 Å². The molecule has 1 fully saturated rings. The molecule has 1 aliphatic rings. The molecule has 1 saturated heterocycles. The second-order valence-corrected chi connectivity index (χ2v) is 4.39. The van der Waals surface area contributed by atoms with Crippen molar-refractivity contribution < 1.29 is 14.7 Å². The molecule has 1 aliphatic heterocycles. The van der Waals surface area contributed by atoms with Gasteiger partial charge in [-0.25, -0.2) is 0 Å². The fourth-order valence-electron chi connectivity index (χ4n) is 1.73. The zero-order valence-corrected chi connectivity index (χ0v) is 9.19. The van der Waals surface area contributed by atoms with Gasteiger partial charge in [-0.05, 0) is 19.8 Å². The third kappa shape index (κ3) is 2.28. The average molecular weight is 214 g/mol. The van der Waals surface area contributed by atoms with E-state index in [2.05, 4.69) is 0 Å². The van der Waals surface area contributed by atoms with Gasteiger partial charge in [0.05, 0.1) is 11.5 Å². The standard InChI is InChI=1S/C10H18N2O3/c1-3-7(11)8(13)12-5-4-10(2,6-12)9(14)15/h7H,3-6,11H2,1-2H3,(H,14,15)/t7-,10?/m1/s1. The van der Waals surface area contributed by atoms with Crippen LogP contribution in [0.4, 0.5) is 0 Å². The van der Waals surface area contributed by atoms with E-state index in [1.807, 2.05) is 6.92 Å². The first-order chi connectivity index (χ1) is 6.90. The minimum Gasteiger partial charge on any atom is -0.481 e. The van der Waals surface area contributed by atoms with E-state index < -0.39 is 17.4 Å². The molecular weight excluding hydrogens is 196 g/mol. The van der Waals surface area contributed by atoms with E-state index >= 15 is 0 Å². The molecule has 1 heterocycles. The van der Waals surface area contributed by atoms with Crippen LogP contribution in [-0.4, -0.2) is 41.0 Å². The summed E-state index contributed by atoms with van der Waals surface area (Å²) in [7, 11) is 0. The summed E-state index contributed by atoms with van der Waals surface area (Å²) in [5.41, 5.74) is 4.82. The van der Waals surface area contributed by atoms with E-state index in [0.29, 0.717) is 19.4 Å². The summed E-state index contributed by atoms with van der Waals surface area (Å²) in [5, 5.41) is 9.00. The summed E-state index contributed by atoms with van der Waals surface area (Å²) in [4.78, 5) is 24.2. The van der Waals surface area contributed by atoms with Gasteiger partial charge >= 0.3 is 5.97 Å². The molecule has 3 N–H and O–H groups in total. The molecule has 0 spiro atoms. The van der Waals surface area contributed by atoms with E-state index in [0.717, 1.165) is 0 Å². The van der Waals surface area contributed by atoms with Gasteiger partial charge < -0.3 is 15.7 Å². The highest BCUT2D eigenvalue weighted by Crippen LogP contribution is 2.30. The van der Waals surface area contributed by atoms with Crippen molar-refractivity contribution in [3.63, 3.8) is 0 Å². The molecule has 1 amide bonds. The zero-order valence-electron chi connectivity index (χ0n) is 9.19. The molecular formula is C10H18N2O3. The van der Waals surface area contributed by atoms with Crippen LogP contribution < -0.4 is 5.73 Å². The number of likely N-dealkylation sites (tertiary alicyclic amines) is 1. The van der Waals surface area contributed by atoms with Gasteiger partial charge in [0, 0.05) is 13.1 Å². The van der Waals surface area contributed by atoms with Gasteiger partial charge in [-0.2, -0.15) is 0 Å². The molecule has 0 bridgehead atoms. The lowest BCUT2D eigenvalue weighted by atomic mass is 9.90. The first-order valence-electron chi connectivity index (χ1n) is 5.18. The lowest BCUT2D eigenvalue weighted by Crippen LogP contribution is -2.43. The van der Waals surface area contributed by atoms with E-state index in [9.17, 15) is 9.59 Å². The molecule has 0 aromatic carbocycles. The van der Waals surface area contributed by atoms with Crippen molar-refractivity contribution in [2.24, 2.45) is 11.1 Å². The third-order valence-corrected chi connectivity index (χ3v) is 3.06. The van der Waals surface area contributed by atoms with Crippen molar-refractivity contribution in [1.29, 1.82) is 0 Å². The number of carboxylic acid groups (broad SMARTS) is 1. The SMILES string of the molecule is CC[C@@H](N)C(=O)N1CCC(C)(C(=O)O)C1.